The summed E-state index contributed by atoms with van der Waals surface area (Å²) in [4.78, 5) is 10.4. The van der Waals surface area contributed by atoms with Crippen LogP contribution < -0.4 is 11.1 Å². The molecule has 1 fully saturated rings. The zero-order valence-corrected chi connectivity index (χ0v) is 9.56. The standard InChI is InChI=1S/C10H20N2OS/c1-2-3-4-5-9-10(12-7-13)8(11)6-14-9/h7-10H,2-6,11H2,1H3,(H,12,13)/t8-,9?,10-/m1/s1. The molecule has 1 aliphatic rings. The summed E-state index contributed by atoms with van der Waals surface area (Å²) in [5, 5.41) is 3.37. The fraction of sp³-hybridized carbons (Fsp3) is 0.900. The lowest BCUT2D eigenvalue weighted by Gasteiger charge is -2.20. The summed E-state index contributed by atoms with van der Waals surface area (Å²) in [6.07, 6.45) is 5.73. The van der Waals surface area contributed by atoms with Crippen LogP contribution in [0.25, 0.3) is 0 Å². The van der Waals surface area contributed by atoms with Crippen molar-refractivity contribution in [3.8, 4) is 0 Å². The Labute approximate surface area is 90.2 Å². The quantitative estimate of drug-likeness (QED) is 0.517. The zero-order chi connectivity index (χ0) is 10.4. The Morgan fingerprint density at radius 3 is 3.00 bits per heavy atom. The summed E-state index contributed by atoms with van der Waals surface area (Å²) in [6.45, 7) is 2.20. The lowest BCUT2D eigenvalue weighted by Crippen LogP contribution is -2.46. The Hall–Kier alpha value is -0.220. The minimum atomic E-state index is 0.136. The molecule has 1 saturated heterocycles. The highest BCUT2D eigenvalue weighted by Crippen LogP contribution is 2.30. The second kappa shape index (κ2) is 6.30. The molecule has 1 aliphatic heterocycles. The highest BCUT2D eigenvalue weighted by molar-refractivity contribution is 8.00. The van der Waals surface area contributed by atoms with E-state index in [0.717, 1.165) is 12.2 Å². The Morgan fingerprint density at radius 2 is 2.36 bits per heavy atom. The highest BCUT2D eigenvalue weighted by Gasteiger charge is 2.33. The van der Waals surface area contributed by atoms with Gasteiger partial charge in [0.15, 0.2) is 0 Å². The van der Waals surface area contributed by atoms with Crippen molar-refractivity contribution in [2.24, 2.45) is 5.73 Å². The first-order chi connectivity index (χ1) is 6.79. The van der Waals surface area contributed by atoms with Crippen LogP contribution in [-0.4, -0.2) is 29.5 Å². The molecule has 1 heterocycles. The summed E-state index contributed by atoms with van der Waals surface area (Å²) in [5.74, 6) is 0.975. The minimum absolute atomic E-state index is 0.136. The smallest absolute Gasteiger partial charge is 0.207 e. The fourth-order valence-electron chi connectivity index (χ4n) is 1.89. The van der Waals surface area contributed by atoms with E-state index in [9.17, 15) is 4.79 Å². The molecule has 4 heteroatoms. The summed E-state index contributed by atoms with van der Waals surface area (Å²) in [5.41, 5.74) is 5.92. The van der Waals surface area contributed by atoms with E-state index >= 15 is 0 Å². The molecule has 82 valence electrons. The number of thioether (sulfide) groups is 1. The largest absolute Gasteiger partial charge is 0.353 e. The average Bonchev–Trinajstić information content (AvgIpc) is 2.51. The molecule has 1 amide bonds. The average molecular weight is 216 g/mol. The molecule has 0 bridgehead atoms. The Balaban J connectivity index is 2.31. The van der Waals surface area contributed by atoms with Gasteiger partial charge in [0.1, 0.15) is 0 Å². The van der Waals surface area contributed by atoms with Gasteiger partial charge in [0.05, 0.1) is 6.04 Å². The van der Waals surface area contributed by atoms with Gasteiger partial charge >= 0.3 is 0 Å². The first kappa shape index (κ1) is 11.9. The van der Waals surface area contributed by atoms with Crippen LogP contribution in [0.1, 0.15) is 32.6 Å². The van der Waals surface area contributed by atoms with Crippen molar-refractivity contribution in [1.82, 2.24) is 5.32 Å². The minimum Gasteiger partial charge on any atom is -0.353 e. The summed E-state index contributed by atoms with van der Waals surface area (Å²) in [7, 11) is 0. The van der Waals surface area contributed by atoms with Gasteiger partial charge in [0, 0.05) is 17.0 Å². The summed E-state index contributed by atoms with van der Waals surface area (Å²) >= 11 is 1.90. The Kier molecular flexibility index (Phi) is 5.33. The maximum Gasteiger partial charge on any atom is 0.207 e. The first-order valence-electron chi connectivity index (χ1n) is 5.36. The molecular formula is C10H20N2OS. The van der Waals surface area contributed by atoms with Crippen molar-refractivity contribution in [2.75, 3.05) is 5.75 Å². The lowest BCUT2D eigenvalue weighted by atomic mass is 10.0. The monoisotopic (exact) mass is 216 g/mol. The molecule has 0 aliphatic carbocycles. The molecule has 3 N–H and O–H groups in total. The number of hydrogen-bond acceptors (Lipinski definition) is 3. The number of unbranched alkanes of at least 4 members (excludes halogenated alkanes) is 2. The highest BCUT2D eigenvalue weighted by atomic mass is 32.2. The maximum atomic E-state index is 10.4. The van der Waals surface area contributed by atoms with Crippen molar-refractivity contribution >= 4 is 18.2 Å². The van der Waals surface area contributed by atoms with Gasteiger partial charge in [0.2, 0.25) is 6.41 Å². The SMILES string of the molecule is CCCCCC1SC[C@@H](N)[C@H]1NC=O. The molecule has 1 rings (SSSR count). The lowest BCUT2D eigenvalue weighted by molar-refractivity contribution is -0.110. The van der Waals surface area contributed by atoms with E-state index in [4.69, 9.17) is 5.73 Å². The number of carbonyl (C=O) groups excluding carboxylic acids is 1. The van der Waals surface area contributed by atoms with E-state index in [2.05, 4.69) is 12.2 Å². The van der Waals surface area contributed by atoms with Crippen LogP contribution in [0.5, 0.6) is 0 Å². The van der Waals surface area contributed by atoms with Crippen LogP contribution in [0.2, 0.25) is 0 Å². The third kappa shape index (κ3) is 3.17. The predicted octanol–water partition coefficient (Wildman–Crippen LogP) is 1.12. The van der Waals surface area contributed by atoms with Gasteiger partial charge < -0.3 is 11.1 Å². The van der Waals surface area contributed by atoms with Crippen LogP contribution in [0, 0.1) is 0 Å². The van der Waals surface area contributed by atoms with E-state index in [1.54, 1.807) is 0 Å². The first-order valence-corrected chi connectivity index (χ1v) is 6.41. The third-order valence-corrected chi connectivity index (χ3v) is 4.25. The van der Waals surface area contributed by atoms with Gasteiger partial charge in [-0.3, -0.25) is 4.79 Å². The van der Waals surface area contributed by atoms with Gasteiger partial charge in [-0.1, -0.05) is 26.2 Å². The van der Waals surface area contributed by atoms with Crippen LogP contribution in [0.4, 0.5) is 0 Å². The van der Waals surface area contributed by atoms with Crippen molar-refractivity contribution in [1.29, 1.82) is 0 Å². The van der Waals surface area contributed by atoms with Gasteiger partial charge in [-0.05, 0) is 6.42 Å². The fourth-order valence-corrected chi connectivity index (χ4v) is 3.38. The van der Waals surface area contributed by atoms with E-state index < -0.39 is 0 Å². The maximum absolute atomic E-state index is 10.4. The topological polar surface area (TPSA) is 55.1 Å². The van der Waals surface area contributed by atoms with Gasteiger partial charge in [-0.15, -0.1) is 0 Å². The Morgan fingerprint density at radius 1 is 1.57 bits per heavy atom. The molecule has 0 aromatic rings. The number of amides is 1. The van der Waals surface area contributed by atoms with Crippen molar-refractivity contribution in [3.05, 3.63) is 0 Å². The third-order valence-electron chi connectivity index (χ3n) is 2.72. The van der Waals surface area contributed by atoms with Gasteiger partial charge in [-0.25, -0.2) is 0 Å². The Bertz CT molecular complexity index is 178. The van der Waals surface area contributed by atoms with Crippen molar-refractivity contribution in [2.45, 2.75) is 49.9 Å². The second-order valence-corrected chi connectivity index (χ2v) is 5.11. The van der Waals surface area contributed by atoms with E-state index in [0.29, 0.717) is 5.25 Å². The summed E-state index contributed by atoms with van der Waals surface area (Å²) in [6, 6.07) is 0.325. The normalized spacial score (nSPS) is 31.7. The van der Waals surface area contributed by atoms with Crippen molar-refractivity contribution in [3.63, 3.8) is 0 Å². The molecule has 0 aromatic heterocycles. The zero-order valence-electron chi connectivity index (χ0n) is 8.74. The molecule has 3 nitrogen and oxygen atoms in total. The number of nitrogens with two attached hydrogens (primary N) is 1. The van der Waals surface area contributed by atoms with Crippen LogP contribution in [-0.2, 0) is 4.79 Å². The van der Waals surface area contributed by atoms with Gasteiger partial charge in [0.25, 0.3) is 0 Å². The number of carbonyl (C=O) groups is 1. The molecule has 1 unspecified atom stereocenters. The molecular weight excluding hydrogens is 196 g/mol. The van der Waals surface area contributed by atoms with Crippen molar-refractivity contribution < 1.29 is 4.79 Å². The second-order valence-electron chi connectivity index (χ2n) is 3.84. The molecule has 14 heavy (non-hydrogen) atoms. The summed E-state index contributed by atoms with van der Waals surface area (Å²) < 4.78 is 0. The number of nitrogens with one attached hydrogen (secondary N) is 1. The van der Waals surface area contributed by atoms with E-state index in [1.807, 2.05) is 11.8 Å². The molecule has 0 spiro atoms. The molecule has 0 radical (unpaired) electrons. The molecule has 3 atom stereocenters. The molecule has 0 saturated carbocycles. The van der Waals surface area contributed by atoms with E-state index in [-0.39, 0.29) is 12.1 Å². The number of hydrogen-bond donors (Lipinski definition) is 2. The van der Waals surface area contributed by atoms with Crippen LogP contribution >= 0.6 is 11.8 Å². The number of rotatable bonds is 6. The van der Waals surface area contributed by atoms with Gasteiger partial charge in [-0.2, -0.15) is 11.8 Å². The molecule has 0 aromatic carbocycles. The predicted molar refractivity (Wildman–Crippen MR) is 61.4 cm³/mol. The van der Waals surface area contributed by atoms with Crippen LogP contribution in [0.3, 0.4) is 0 Å². The van der Waals surface area contributed by atoms with E-state index in [1.165, 1.54) is 25.7 Å². The van der Waals surface area contributed by atoms with Crippen LogP contribution in [0.15, 0.2) is 0 Å².